The van der Waals surface area contributed by atoms with E-state index >= 15 is 0 Å². The van der Waals surface area contributed by atoms with Gasteiger partial charge in [0.05, 0.1) is 13.1 Å². The van der Waals surface area contributed by atoms with E-state index in [1.54, 1.807) is 0 Å². The highest BCUT2D eigenvalue weighted by atomic mass is 16.5. The molecule has 1 aliphatic rings. The van der Waals surface area contributed by atoms with Gasteiger partial charge in [-0.2, -0.15) is 0 Å². The third-order valence-electron chi connectivity index (χ3n) is 5.48. The maximum Gasteiger partial charge on any atom is 0.407 e. The zero-order valence-electron chi connectivity index (χ0n) is 18.6. The number of hydrogen-bond acceptors (Lipinski definition) is 6. The van der Waals surface area contributed by atoms with E-state index in [1.807, 2.05) is 36.4 Å². The summed E-state index contributed by atoms with van der Waals surface area (Å²) in [5.41, 5.74) is 4.50. The maximum atomic E-state index is 12.3. The number of alkyl carbamates (subject to hydrolysis) is 1. The highest BCUT2D eigenvalue weighted by molar-refractivity contribution is 5.94. The summed E-state index contributed by atoms with van der Waals surface area (Å²) < 4.78 is 10.9. The van der Waals surface area contributed by atoms with Gasteiger partial charge in [0.15, 0.2) is 5.76 Å². The van der Waals surface area contributed by atoms with Gasteiger partial charge in [-0.3, -0.25) is 14.4 Å². The minimum absolute atomic E-state index is 0.00303. The van der Waals surface area contributed by atoms with E-state index < -0.39 is 37.0 Å². The Kier molecular flexibility index (Phi) is 7.10. The van der Waals surface area contributed by atoms with Gasteiger partial charge >= 0.3 is 12.1 Å². The molecule has 10 nitrogen and oxygen atoms in total. The van der Waals surface area contributed by atoms with Gasteiger partial charge in [-0.1, -0.05) is 48.5 Å². The molecule has 1 aromatic heterocycles. The Labute approximate surface area is 200 Å². The number of hydrogen-bond donors (Lipinski definition) is 4. The first-order chi connectivity index (χ1) is 16.9. The van der Waals surface area contributed by atoms with Gasteiger partial charge in [-0.05, 0) is 34.4 Å². The van der Waals surface area contributed by atoms with Gasteiger partial charge in [0, 0.05) is 5.92 Å². The SMILES string of the molecule is O=C(O)CNC(=O)CNC(=O)c1ccc(CNC(=O)OCC2c3ccccc3-c3ccccc32)o1. The molecular weight excluding hydrogens is 454 g/mol. The second kappa shape index (κ2) is 10.6. The highest BCUT2D eigenvalue weighted by Gasteiger charge is 2.29. The summed E-state index contributed by atoms with van der Waals surface area (Å²) in [6, 6.07) is 19.0. The molecule has 0 bridgehead atoms. The molecule has 35 heavy (non-hydrogen) atoms. The Hall–Kier alpha value is -4.60. The molecule has 0 spiro atoms. The van der Waals surface area contributed by atoms with Crippen molar-refractivity contribution in [2.24, 2.45) is 0 Å². The van der Waals surface area contributed by atoms with Crippen molar-refractivity contribution in [2.75, 3.05) is 19.7 Å². The molecule has 3 amide bonds. The lowest BCUT2D eigenvalue weighted by Crippen LogP contribution is -2.38. The molecule has 1 heterocycles. The van der Waals surface area contributed by atoms with E-state index in [0.29, 0.717) is 5.76 Å². The van der Waals surface area contributed by atoms with Crippen LogP contribution in [0.25, 0.3) is 11.1 Å². The quantitative estimate of drug-likeness (QED) is 0.370. The summed E-state index contributed by atoms with van der Waals surface area (Å²) in [4.78, 5) is 46.3. The predicted molar refractivity (Wildman–Crippen MR) is 124 cm³/mol. The van der Waals surface area contributed by atoms with Crippen molar-refractivity contribution in [3.8, 4) is 11.1 Å². The topological polar surface area (TPSA) is 147 Å². The van der Waals surface area contributed by atoms with Crippen LogP contribution in [0.15, 0.2) is 65.1 Å². The standard InChI is InChI=1S/C25H23N3O7/c29-22(26-13-23(30)31)12-27-24(32)21-10-9-15(35-21)11-28-25(33)34-14-20-18-7-3-1-5-16(18)17-6-2-4-8-19(17)20/h1-10,20H,11-14H2,(H,26,29)(H,27,32)(H,28,33)(H,30,31). The molecule has 3 aromatic rings. The molecule has 2 aromatic carbocycles. The average molecular weight is 477 g/mol. The molecule has 0 saturated carbocycles. The van der Waals surface area contributed by atoms with Crippen molar-refractivity contribution in [3.63, 3.8) is 0 Å². The lowest BCUT2D eigenvalue weighted by molar-refractivity contribution is -0.137. The van der Waals surface area contributed by atoms with Crippen LogP contribution in [0.3, 0.4) is 0 Å². The Morgan fingerprint density at radius 2 is 1.49 bits per heavy atom. The van der Waals surface area contributed by atoms with E-state index in [0.717, 1.165) is 22.3 Å². The third-order valence-corrected chi connectivity index (χ3v) is 5.48. The average Bonchev–Trinajstić information content (AvgIpc) is 3.46. The molecule has 0 fully saturated rings. The van der Waals surface area contributed by atoms with Crippen molar-refractivity contribution in [2.45, 2.75) is 12.5 Å². The van der Waals surface area contributed by atoms with Crippen LogP contribution < -0.4 is 16.0 Å². The number of amides is 3. The van der Waals surface area contributed by atoms with Crippen LogP contribution in [0.4, 0.5) is 4.79 Å². The van der Waals surface area contributed by atoms with Gasteiger partial charge < -0.3 is 30.2 Å². The van der Waals surface area contributed by atoms with E-state index in [-0.39, 0.29) is 24.8 Å². The Morgan fingerprint density at radius 3 is 2.14 bits per heavy atom. The monoisotopic (exact) mass is 477 g/mol. The summed E-state index contributed by atoms with van der Waals surface area (Å²) in [7, 11) is 0. The van der Waals surface area contributed by atoms with E-state index in [2.05, 4.69) is 28.1 Å². The fourth-order valence-corrected chi connectivity index (χ4v) is 3.89. The minimum atomic E-state index is -1.19. The second-order valence-corrected chi connectivity index (χ2v) is 7.80. The van der Waals surface area contributed by atoms with Crippen LogP contribution >= 0.6 is 0 Å². The maximum absolute atomic E-state index is 12.3. The number of fused-ring (bicyclic) bond motifs is 3. The second-order valence-electron chi connectivity index (χ2n) is 7.80. The van der Waals surface area contributed by atoms with Crippen LogP contribution in [0.2, 0.25) is 0 Å². The number of furan rings is 1. The number of carboxylic acids is 1. The van der Waals surface area contributed by atoms with E-state index in [4.69, 9.17) is 14.3 Å². The number of benzene rings is 2. The number of carbonyl (C=O) groups is 4. The minimum Gasteiger partial charge on any atom is -0.480 e. The summed E-state index contributed by atoms with van der Waals surface area (Å²) in [6.45, 7) is -0.764. The fraction of sp³-hybridized carbons (Fsp3) is 0.200. The number of ether oxygens (including phenoxy) is 1. The number of rotatable bonds is 9. The molecule has 180 valence electrons. The van der Waals surface area contributed by atoms with E-state index in [9.17, 15) is 19.2 Å². The fourth-order valence-electron chi connectivity index (χ4n) is 3.89. The Balaban J connectivity index is 1.25. The zero-order valence-corrected chi connectivity index (χ0v) is 18.6. The summed E-state index contributed by atoms with van der Waals surface area (Å²) in [6.07, 6.45) is -0.621. The highest BCUT2D eigenvalue weighted by Crippen LogP contribution is 2.44. The van der Waals surface area contributed by atoms with Crippen molar-refractivity contribution in [1.82, 2.24) is 16.0 Å². The molecular formula is C25H23N3O7. The summed E-state index contributed by atoms with van der Waals surface area (Å²) in [5, 5.41) is 15.6. The normalized spacial score (nSPS) is 11.8. The van der Waals surface area contributed by atoms with Gasteiger partial charge in [0.1, 0.15) is 18.9 Å². The summed E-state index contributed by atoms with van der Waals surface area (Å²) >= 11 is 0. The first-order valence-corrected chi connectivity index (χ1v) is 10.9. The lowest BCUT2D eigenvalue weighted by Gasteiger charge is -2.14. The van der Waals surface area contributed by atoms with Gasteiger partial charge in [-0.15, -0.1) is 0 Å². The van der Waals surface area contributed by atoms with Gasteiger partial charge in [0.25, 0.3) is 5.91 Å². The molecule has 4 rings (SSSR count). The molecule has 0 atom stereocenters. The molecule has 10 heteroatoms. The molecule has 0 aliphatic heterocycles. The molecule has 0 radical (unpaired) electrons. The molecule has 0 unspecified atom stereocenters. The van der Waals surface area contributed by atoms with Crippen molar-refractivity contribution >= 4 is 23.9 Å². The number of aliphatic carboxylic acids is 1. The Morgan fingerprint density at radius 1 is 0.829 bits per heavy atom. The predicted octanol–water partition coefficient (Wildman–Crippen LogP) is 2.25. The smallest absolute Gasteiger partial charge is 0.407 e. The Bertz CT molecular complexity index is 1220. The van der Waals surface area contributed by atoms with Crippen LogP contribution in [0.5, 0.6) is 0 Å². The van der Waals surface area contributed by atoms with Crippen molar-refractivity contribution in [1.29, 1.82) is 0 Å². The lowest BCUT2D eigenvalue weighted by atomic mass is 9.98. The number of carbonyl (C=O) groups excluding carboxylic acids is 3. The number of nitrogens with one attached hydrogen (secondary N) is 3. The van der Waals surface area contributed by atoms with Gasteiger partial charge in [0.2, 0.25) is 5.91 Å². The van der Waals surface area contributed by atoms with Crippen LogP contribution in [0.1, 0.15) is 33.4 Å². The molecule has 4 N–H and O–H groups in total. The summed E-state index contributed by atoms with van der Waals surface area (Å²) in [5.74, 6) is -2.28. The van der Waals surface area contributed by atoms with Crippen molar-refractivity contribution in [3.05, 3.63) is 83.3 Å². The number of carboxylic acid groups (broad SMARTS) is 1. The largest absolute Gasteiger partial charge is 0.480 e. The first kappa shape index (κ1) is 23.6. The van der Waals surface area contributed by atoms with Crippen LogP contribution in [-0.4, -0.2) is 48.7 Å². The molecule has 1 aliphatic carbocycles. The van der Waals surface area contributed by atoms with Gasteiger partial charge in [-0.25, -0.2) is 4.79 Å². The van der Waals surface area contributed by atoms with E-state index in [1.165, 1.54) is 12.1 Å². The molecule has 0 saturated heterocycles. The third kappa shape index (κ3) is 5.67. The van der Waals surface area contributed by atoms with Crippen LogP contribution in [0, 0.1) is 0 Å². The van der Waals surface area contributed by atoms with Crippen LogP contribution in [-0.2, 0) is 20.9 Å². The van der Waals surface area contributed by atoms with Crippen molar-refractivity contribution < 1.29 is 33.4 Å². The first-order valence-electron chi connectivity index (χ1n) is 10.9. The zero-order chi connectivity index (χ0) is 24.8.